The van der Waals surface area contributed by atoms with Crippen LogP contribution in [0.1, 0.15) is 11.1 Å². The molecule has 0 atom stereocenters. The van der Waals surface area contributed by atoms with Gasteiger partial charge in [-0.3, -0.25) is 0 Å². The summed E-state index contributed by atoms with van der Waals surface area (Å²) in [5.41, 5.74) is 4.03. The SMILES string of the molecule is CSc1nc(Nc2cccc(C)c2)c(C#N)c(-c2ccccc2)n1. The van der Waals surface area contributed by atoms with Gasteiger partial charge in [0.2, 0.25) is 0 Å². The minimum absolute atomic E-state index is 0.445. The van der Waals surface area contributed by atoms with Crippen molar-refractivity contribution < 1.29 is 0 Å². The summed E-state index contributed by atoms with van der Waals surface area (Å²) < 4.78 is 0. The lowest BCUT2D eigenvalue weighted by atomic mass is 10.1. The lowest BCUT2D eigenvalue weighted by Gasteiger charge is -2.12. The Bertz CT molecular complexity index is 901. The number of hydrogen-bond acceptors (Lipinski definition) is 5. The summed E-state index contributed by atoms with van der Waals surface area (Å²) in [6, 6.07) is 19.9. The molecule has 0 radical (unpaired) electrons. The Balaban J connectivity index is 2.13. The van der Waals surface area contributed by atoms with Gasteiger partial charge in [0, 0.05) is 11.3 Å². The van der Waals surface area contributed by atoms with Crippen molar-refractivity contribution in [2.45, 2.75) is 12.1 Å². The highest BCUT2D eigenvalue weighted by molar-refractivity contribution is 7.98. The molecule has 4 nitrogen and oxygen atoms in total. The maximum Gasteiger partial charge on any atom is 0.189 e. The summed E-state index contributed by atoms with van der Waals surface area (Å²) in [7, 11) is 0. The Kier molecular flexibility index (Phi) is 4.78. The van der Waals surface area contributed by atoms with E-state index in [1.807, 2.05) is 67.8 Å². The zero-order valence-electron chi connectivity index (χ0n) is 13.4. The standard InChI is InChI=1S/C19H16N4S/c1-13-7-6-10-15(11-13)21-18-16(12-20)17(22-19(23-18)24-2)14-8-4-3-5-9-14/h3-11H,1-2H3,(H,21,22,23). The van der Waals surface area contributed by atoms with Gasteiger partial charge in [-0.05, 0) is 30.9 Å². The van der Waals surface area contributed by atoms with Crippen LogP contribution in [-0.2, 0) is 0 Å². The van der Waals surface area contributed by atoms with Gasteiger partial charge in [0.1, 0.15) is 11.6 Å². The van der Waals surface area contributed by atoms with Crippen LogP contribution in [0.5, 0.6) is 0 Å². The van der Waals surface area contributed by atoms with Gasteiger partial charge in [-0.2, -0.15) is 5.26 Å². The topological polar surface area (TPSA) is 61.6 Å². The molecular formula is C19H16N4S. The van der Waals surface area contributed by atoms with Crippen molar-refractivity contribution in [3.8, 4) is 17.3 Å². The molecule has 0 saturated carbocycles. The largest absolute Gasteiger partial charge is 0.339 e. The van der Waals surface area contributed by atoms with E-state index in [1.165, 1.54) is 11.8 Å². The number of nitriles is 1. The van der Waals surface area contributed by atoms with E-state index < -0.39 is 0 Å². The Morgan fingerprint density at radius 1 is 1.04 bits per heavy atom. The highest BCUT2D eigenvalue weighted by Gasteiger charge is 2.16. The van der Waals surface area contributed by atoms with Crippen molar-refractivity contribution in [2.75, 3.05) is 11.6 Å². The summed E-state index contributed by atoms with van der Waals surface area (Å²) in [6.45, 7) is 2.03. The quantitative estimate of drug-likeness (QED) is 0.550. The first kappa shape index (κ1) is 16.0. The molecule has 24 heavy (non-hydrogen) atoms. The average Bonchev–Trinajstić information content (AvgIpc) is 2.62. The van der Waals surface area contributed by atoms with E-state index in [4.69, 9.17) is 0 Å². The zero-order valence-corrected chi connectivity index (χ0v) is 14.3. The van der Waals surface area contributed by atoms with Gasteiger partial charge < -0.3 is 5.32 Å². The van der Waals surface area contributed by atoms with Gasteiger partial charge in [-0.25, -0.2) is 9.97 Å². The Labute approximate surface area is 145 Å². The predicted octanol–water partition coefficient (Wildman–Crippen LogP) is 4.79. The molecule has 118 valence electrons. The van der Waals surface area contributed by atoms with E-state index in [2.05, 4.69) is 21.4 Å². The summed E-state index contributed by atoms with van der Waals surface area (Å²) in [4.78, 5) is 9.03. The number of nitrogens with one attached hydrogen (secondary N) is 1. The number of nitrogens with zero attached hydrogens (tertiary/aromatic N) is 3. The van der Waals surface area contributed by atoms with Crippen LogP contribution in [-0.4, -0.2) is 16.2 Å². The monoisotopic (exact) mass is 332 g/mol. The van der Waals surface area contributed by atoms with Gasteiger partial charge in [0.25, 0.3) is 0 Å². The third-order valence-electron chi connectivity index (χ3n) is 3.51. The zero-order chi connectivity index (χ0) is 16.9. The van der Waals surface area contributed by atoms with E-state index in [1.54, 1.807) is 0 Å². The molecule has 5 heteroatoms. The number of aryl methyl sites for hydroxylation is 1. The van der Waals surface area contributed by atoms with Crippen LogP contribution < -0.4 is 5.32 Å². The van der Waals surface area contributed by atoms with Gasteiger partial charge in [0.05, 0.1) is 5.69 Å². The molecule has 2 aromatic carbocycles. The average molecular weight is 332 g/mol. The van der Waals surface area contributed by atoms with E-state index in [0.29, 0.717) is 22.2 Å². The van der Waals surface area contributed by atoms with Crippen molar-refractivity contribution in [2.24, 2.45) is 0 Å². The molecule has 0 saturated heterocycles. The van der Waals surface area contributed by atoms with Gasteiger partial charge in [-0.1, -0.05) is 54.2 Å². The number of thioether (sulfide) groups is 1. The number of anilines is 2. The maximum absolute atomic E-state index is 9.68. The minimum Gasteiger partial charge on any atom is -0.339 e. The Hall–Kier alpha value is -2.84. The molecule has 1 aromatic heterocycles. The molecule has 1 heterocycles. The van der Waals surface area contributed by atoms with Crippen LogP contribution in [0.15, 0.2) is 59.8 Å². The predicted molar refractivity (Wildman–Crippen MR) is 98.4 cm³/mol. The maximum atomic E-state index is 9.68. The second-order valence-corrected chi connectivity index (χ2v) is 6.03. The normalized spacial score (nSPS) is 10.2. The Morgan fingerprint density at radius 2 is 1.83 bits per heavy atom. The highest BCUT2D eigenvalue weighted by Crippen LogP contribution is 2.30. The van der Waals surface area contributed by atoms with Gasteiger partial charge in [-0.15, -0.1) is 0 Å². The van der Waals surface area contributed by atoms with E-state index in [0.717, 1.165) is 16.8 Å². The van der Waals surface area contributed by atoms with Crippen LogP contribution in [0.3, 0.4) is 0 Å². The smallest absolute Gasteiger partial charge is 0.189 e. The number of hydrogen-bond donors (Lipinski definition) is 1. The third kappa shape index (κ3) is 3.39. The summed E-state index contributed by atoms with van der Waals surface area (Å²) in [6.07, 6.45) is 1.92. The fourth-order valence-corrected chi connectivity index (χ4v) is 2.76. The molecule has 0 spiro atoms. The molecular weight excluding hydrogens is 316 g/mol. The fourth-order valence-electron chi connectivity index (χ4n) is 2.39. The van der Waals surface area contributed by atoms with Crippen LogP contribution in [0.2, 0.25) is 0 Å². The third-order valence-corrected chi connectivity index (χ3v) is 4.06. The second kappa shape index (κ2) is 7.16. The van der Waals surface area contributed by atoms with Crippen LogP contribution in [0.4, 0.5) is 11.5 Å². The lowest BCUT2D eigenvalue weighted by Crippen LogP contribution is -2.03. The first-order chi connectivity index (χ1) is 11.7. The number of aromatic nitrogens is 2. The molecule has 0 unspecified atom stereocenters. The molecule has 1 N–H and O–H groups in total. The van der Waals surface area contributed by atoms with Crippen LogP contribution in [0.25, 0.3) is 11.3 Å². The first-order valence-corrected chi connectivity index (χ1v) is 8.69. The number of benzene rings is 2. The highest BCUT2D eigenvalue weighted by atomic mass is 32.2. The molecule has 0 bridgehead atoms. The first-order valence-electron chi connectivity index (χ1n) is 7.46. The lowest BCUT2D eigenvalue weighted by molar-refractivity contribution is 0.975. The van der Waals surface area contributed by atoms with Crippen molar-refractivity contribution in [1.29, 1.82) is 5.26 Å². The van der Waals surface area contributed by atoms with Gasteiger partial charge >= 0.3 is 0 Å². The minimum atomic E-state index is 0.445. The van der Waals surface area contributed by atoms with Crippen molar-refractivity contribution in [3.63, 3.8) is 0 Å². The van der Waals surface area contributed by atoms with Crippen LogP contribution in [0, 0.1) is 18.3 Å². The van der Waals surface area contributed by atoms with Crippen molar-refractivity contribution >= 4 is 23.3 Å². The van der Waals surface area contributed by atoms with Crippen molar-refractivity contribution in [3.05, 3.63) is 65.7 Å². The van der Waals surface area contributed by atoms with Crippen LogP contribution >= 0.6 is 11.8 Å². The molecule has 0 amide bonds. The summed E-state index contributed by atoms with van der Waals surface area (Å²) in [5.74, 6) is 0.529. The molecule has 0 aliphatic heterocycles. The summed E-state index contributed by atoms with van der Waals surface area (Å²) in [5, 5.41) is 13.6. The molecule has 0 fully saturated rings. The molecule has 3 rings (SSSR count). The Morgan fingerprint density at radius 3 is 2.50 bits per heavy atom. The van der Waals surface area contributed by atoms with E-state index in [9.17, 15) is 5.26 Å². The molecule has 0 aliphatic carbocycles. The van der Waals surface area contributed by atoms with Crippen molar-refractivity contribution in [1.82, 2.24) is 9.97 Å². The fraction of sp³-hybridized carbons (Fsp3) is 0.105. The second-order valence-electron chi connectivity index (χ2n) is 5.25. The number of rotatable bonds is 4. The molecule has 3 aromatic rings. The summed E-state index contributed by atoms with van der Waals surface area (Å²) >= 11 is 1.45. The van der Waals surface area contributed by atoms with E-state index >= 15 is 0 Å². The van der Waals surface area contributed by atoms with Gasteiger partial charge in [0.15, 0.2) is 11.0 Å². The molecule has 0 aliphatic rings. The van der Waals surface area contributed by atoms with E-state index in [-0.39, 0.29) is 0 Å².